The zero-order chi connectivity index (χ0) is 18.1. The van der Waals surface area contributed by atoms with Gasteiger partial charge in [-0.15, -0.1) is 0 Å². The van der Waals surface area contributed by atoms with Crippen molar-refractivity contribution in [3.63, 3.8) is 0 Å². The standard InChI is InChI=1S/C21H21N3O2/c1-14-8-10-16(11-9-14)20-17-18(15-6-4-3-5-7-15)22-23-19(17)21(25)24(20)12-13-26-2/h3-11,20H,12-13H2,1-2H3,(H,22,23). The van der Waals surface area contributed by atoms with Gasteiger partial charge < -0.3 is 9.64 Å². The highest BCUT2D eigenvalue weighted by Crippen LogP contribution is 2.42. The molecule has 132 valence electrons. The van der Waals surface area contributed by atoms with E-state index in [2.05, 4.69) is 41.4 Å². The van der Waals surface area contributed by atoms with Gasteiger partial charge in [-0.1, -0.05) is 60.2 Å². The zero-order valence-electron chi connectivity index (χ0n) is 14.9. The van der Waals surface area contributed by atoms with E-state index in [1.807, 2.05) is 35.2 Å². The van der Waals surface area contributed by atoms with Gasteiger partial charge in [-0.3, -0.25) is 9.89 Å². The molecule has 3 aromatic rings. The summed E-state index contributed by atoms with van der Waals surface area (Å²) in [6, 6.07) is 18.1. The molecule has 4 rings (SSSR count). The van der Waals surface area contributed by atoms with Gasteiger partial charge in [-0.25, -0.2) is 0 Å². The first-order chi connectivity index (χ1) is 12.7. The van der Waals surface area contributed by atoms with Gasteiger partial charge in [-0.05, 0) is 12.5 Å². The van der Waals surface area contributed by atoms with Gasteiger partial charge in [-0.2, -0.15) is 5.10 Å². The molecule has 1 aliphatic heterocycles. The van der Waals surface area contributed by atoms with Crippen LogP contribution in [0, 0.1) is 6.92 Å². The number of nitrogens with zero attached hydrogens (tertiary/aromatic N) is 2. The second-order valence-electron chi connectivity index (χ2n) is 6.53. The van der Waals surface area contributed by atoms with E-state index < -0.39 is 0 Å². The second kappa shape index (κ2) is 6.77. The first-order valence-electron chi connectivity index (χ1n) is 8.71. The van der Waals surface area contributed by atoms with Gasteiger partial charge in [0, 0.05) is 24.8 Å². The van der Waals surface area contributed by atoms with Crippen molar-refractivity contribution in [3.05, 3.63) is 77.0 Å². The maximum absolute atomic E-state index is 13.0. The largest absolute Gasteiger partial charge is 0.383 e. The van der Waals surface area contributed by atoms with E-state index in [4.69, 9.17) is 4.74 Å². The number of hydrogen-bond donors (Lipinski definition) is 1. The van der Waals surface area contributed by atoms with Crippen LogP contribution < -0.4 is 0 Å². The van der Waals surface area contributed by atoms with Crippen LogP contribution in [0.4, 0.5) is 0 Å². The molecule has 1 N–H and O–H groups in total. The minimum absolute atomic E-state index is 0.0303. The second-order valence-corrected chi connectivity index (χ2v) is 6.53. The number of amides is 1. The Bertz CT molecular complexity index is 916. The average Bonchev–Trinajstić information content (AvgIpc) is 3.21. The fourth-order valence-electron chi connectivity index (χ4n) is 3.53. The third kappa shape index (κ3) is 2.70. The number of ether oxygens (including phenoxy) is 1. The highest BCUT2D eigenvalue weighted by Gasteiger charge is 2.41. The Morgan fingerprint density at radius 2 is 1.85 bits per heavy atom. The van der Waals surface area contributed by atoms with E-state index in [1.165, 1.54) is 5.56 Å². The number of rotatable bonds is 5. The maximum Gasteiger partial charge on any atom is 0.273 e. The number of carbonyl (C=O) groups is 1. The normalized spacial score (nSPS) is 16.2. The van der Waals surface area contributed by atoms with Gasteiger partial charge in [0.05, 0.1) is 18.3 Å². The molecule has 0 saturated heterocycles. The quantitative estimate of drug-likeness (QED) is 0.767. The lowest BCUT2D eigenvalue weighted by atomic mass is 9.95. The van der Waals surface area contributed by atoms with Crippen LogP contribution in [0.1, 0.15) is 33.2 Å². The molecule has 0 aliphatic carbocycles. The number of H-pyrrole nitrogens is 1. The van der Waals surface area contributed by atoms with Gasteiger partial charge >= 0.3 is 0 Å². The Morgan fingerprint density at radius 1 is 1.12 bits per heavy atom. The summed E-state index contributed by atoms with van der Waals surface area (Å²) in [7, 11) is 1.65. The first kappa shape index (κ1) is 16.5. The smallest absolute Gasteiger partial charge is 0.273 e. The molecular formula is C21H21N3O2. The van der Waals surface area contributed by atoms with Gasteiger partial charge in [0.25, 0.3) is 5.91 Å². The van der Waals surface area contributed by atoms with Crippen LogP contribution in [-0.2, 0) is 4.74 Å². The number of aromatic nitrogens is 2. The van der Waals surface area contributed by atoms with Crippen LogP contribution >= 0.6 is 0 Å². The molecule has 1 aliphatic rings. The molecule has 0 fully saturated rings. The SMILES string of the molecule is COCCN1C(=O)c2[nH]nc(-c3ccccc3)c2C1c1ccc(C)cc1. The summed E-state index contributed by atoms with van der Waals surface area (Å²) in [5, 5.41) is 7.43. The maximum atomic E-state index is 13.0. The van der Waals surface area contributed by atoms with Crippen molar-refractivity contribution in [2.45, 2.75) is 13.0 Å². The molecule has 1 aromatic heterocycles. The van der Waals surface area contributed by atoms with Crippen molar-refractivity contribution >= 4 is 5.91 Å². The minimum Gasteiger partial charge on any atom is -0.383 e. The van der Waals surface area contributed by atoms with Crippen LogP contribution in [0.3, 0.4) is 0 Å². The lowest BCUT2D eigenvalue weighted by molar-refractivity contribution is 0.0677. The summed E-state index contributed by atoms with van der Waals surface area (Å²) in [6.45, 7) is 3.09. The third-order valence-electron chi connectivity index (χ3n) is 4.84. The van der Waals surface area contributed by atoms with E-state index >= 15 is 0 Å². The molecule has 2 aromatic carbocycles. The lowest BCUT2D eigenvalue weighted by Gasteiger charge is -2.26. The van der Waals surface area contributed by atoms with Gasteiger partial charge in [0.2, 0.25) is 0 Å². The van der Waals surface area contributed by atoms with Crippen molar-refractivity contribution in [2.75, 3.05) is 20.3 Å². The number of hydrogen-bond acceptors (Lipinski definition) is 3. The van der Waals surface area contributed by atoms with E-state index in [1.54, 1.807) is 7.11 Å². The van der Waals surface area contributed by atoms with Gasteiger partial charge in [0.1, 0.15) is 5.69 Å². The molecule has 1 unspecified atom stereocenters. The molecular weight excluding hydrogens is 326 g/mol. The number of benzene rings is 2. The van der Waals surface area contributed by atoms with Crippen LogP contribution in [0.2, 0.25) is 0 Å². The highest BCUT2D eigenvalue weighted by atomic mass is 16.5. The van der Waals surface area contributed by atoms with Crippen molar-refractivity contribution in [1.82, 2.24) is 15.1 Å². The number of carbonyl (C=O) groups excluding carboxylic acids is 1. The molecule has 0 spiro atoms. The predicted molar refractivity (Wildman–Crippen MR) is 100.0 cm³/mol. The average molecular weight is 347 g/mol. The van der Waals surface area contributed by atoms with Crippen molar-refractivity contribution in [1.29, 1.82) is 0 Å². The van der Waals surface area contributed by atoms with E-state index in [0.717, 1.165) is 22.4 Å². The number of aryl methyl sites for hydroxylation is 1. The van der Waals surface area contributed by atoms with Crippen LogP contribution in [0.5, 0.6) is 0 Å². The molecule has 0 radical (unpaired) electrons. The number of methoxy groups -OCH3 is 1. The Morgan fingerprint density at radius 3 is 2.54 bits per heavy atom. The van der Waals surface area contributed by atoms with Crippen molar-refractivity contribution in [2.24, 2.45) is 0 Å². The van der Waals surface area contributed by atoms with E-state index in [0.29, 0.717) is 18.8 Å². The molecule has 5 heteroatoms. The summed E-state index contributed by atoms with van der Waals surface area (Å²) in [6.07, 6.45) is 0. The van der Waals surface area contributed by atoms with E-state index in [-0.39, 0.29) is 11.9 Å². The summed E-state index contributed by atoms with van der Waals surface area (Å²) >= 11 is 0. The first-order valence-corrected chi connectivity index (χ1v) is 8.71. The molecule has 26 heavy (non-hydrogen) atoms. The van der Waals surface area contributed by atoms with Crippen molar-refractivity contribution < 1.29 is 9.53 Å². The molecule has 0 bridgehead atoms. The molecule has 0 saturated carbocycles. The van der Waals surface area contributed by atoms with Crippen molar-refractivity contribution in [3.8, 4) is 11.3 Å². The number of aromatic amines is 1. The topological polar surface area (TPSA) is 58.2 Å². The Labute approximate surface area is 152 Å². The zero-order valence-corrected chi connectivity index (χ0v) is 14.9. The molecule has 2 heterocycles. The molecule has 1 atom stereocenters. The summed E-state index contributed by atoms with van der Waals surface area (Å²) in [5.74, 6) is -0.0303. The molecule has 5 nitrogen and oxygen atoms in total. The number of fused-ring (bicyclic) bond motifs is 1. The van der Waals surface area contributed by atoms with E-state index in [9.17, 15) is 4.79 Å². The Balaban J connectivity index is 1.85. The lowest BCUT2D eigenvalue weighted by Crippen LogP contribution is -2.32. The number of nitrogens with one attached hydrogen (secondary N) is 1. The summed E-state index contributed by atoms with van der Waals surface area (Å²) in [4.78, 5) is 14.9. The Kier molecular flexibility index (Phi) is 4.31. The summed E-state index contributed by atoms with van der Waals surface area (Å²) < 4.78 is 5.23. The van der Waals surface area contributed by atoms with Gasteiger partial charge in [0.15, 0.2) is 0 Å². The van der Waals surface area contributed by atoms with Crippen LogP contribution in [0.15, 0.2) is 54.6 Å². The highest BCUT2D eigenvalue weighted by molar-refractivity contribution is 6.00. The monoisotopic (exact) mass is 347 g/mol. The fourth-order valence-corrected chi connectivity index (χ4v) is 3.53. The molecule has 1 amide bonds. The van der Waals surface area contributed by atoms with Crippen LogP contribution in [-0.4, -0.2) is 41.3 Å². The van der Waals surface area contributed by atoms with Crippen LogP contribution in [0.25, 0.3) is 11.3 Å². The minimum atomic E-state index is -0.165. The third-order valence-corrected chi connectivity index (χ3v) is 4.84. The fraction of sp³-hybridized carbons (Fsp3) is 0.238. The summed E-state index contributed by atoms with van der Waals surface area (Å²) in [5.41, 5.74) is 5.63. The Hall–Kier alpha value is -2.92. The predicted octanol–water partition coefficient (Wildman–Crippen LogP) is 3.58.